The number of carbonyl (C=O) groups is 2. The van der Waals surface area contributed by atoms with E-state index in [1.807, 2.05) is 17.8 Å². The average Bonchev–Trinajstić information content (AvgIpc) is 3.63. The van der Waals surface area contributed by atoms with Gasteiger partial charge < -0.3 is 24.8 Å². The number of rotatable bonds is 12. The number of hydrogen-bond acceptors (Lipinski definition) is 5. The summed E-state index contributed by atoms with van der Waals surface area (Å²) in [7, 11) is 6.13. The summed E-state index contributed by atoms with van der Waals surface area (Å²) in [5.74, 6) is 0.977. The first-order valence-electron chi connectivity index (χ1n) is 15.7. The van der Waals surface area contributed by atoms with Crippen molar-refractivity contribution in [3.63, 3.8) is 0 Å². The third-order valence-corrected chi connectivity index (χ3v) is 8.69. The lowest BCUT2D eigenvalue weighted by Crippen LogP contribution is -2.29. The maximum atomic E-state index is 13.3. The van der Waals surface area contributed by atoms with Crippen molar-refractivity contribution in [2.45, 2.75) is 65.5 Å². The van der Waals surface area contributed by atoms with Crippen LogP contribution in [-0.2, 0) is 37.8 Å². The van der Waals surface area contributed by atoms with Crippen LogP contribution >= 0.6 is 0 Å². The van der Waals surface area contributed by atoms with E-state index in [0.717, 1.165) is 83.0 Å². The van der Waals surface area contributed by atoms with Gasteiger partial charge >= 0.3 is 0 Å². The van der Waals surface area contributed by atoms with Crippen LogP contribution in [0, 0.1) is 5.92 Å². The van der Waals surface area contributed by atoms with Crippen molar-refractivity contribution in [2.75, 3.05) is 33.8 Å². The molecule has 6 rings (SSSR count). The molecule has 1 aliphatic carbocycles. The highest BCUT2D eigenvalue weighted by molar-refractivity contribution is 6.19. The van der Waals surface area contributed by atoms with Crippen LogP contribution in [-0.4, -0.2) is 64.9 Å². The average molecular weight is 585 g/mol. The second-order valence-electron chi connectivity index (χ2n) is 12.8. The zero-order chi connectivity index (χ0) is 30.2. The summed E-state index contributed by atoms with van der Waals surface area (Å²) >= 11 is 0. The number of aryl methyl sites for hydroxylation is 3. The third kappa shape index (κ3) is 5.62. The van der Waals surface area contributed by atoms with Crippen LogP contribution in [0.2, 0.25) is 0 Å². The smallest absolute Gasteiger partial charge is 0.257 e. The van der Waals surface area contributed by atoms with Crippen LogP contribution in [0.15, 0.2) is 24.4 Å². The van der Waals surface area contributed by atoms with Gasteiger partial charge in [-0.2, -0.15) is 5.10 Å². The molecule has 4 aromatic rings. The van der Waals surface area contributed by atoms with Crippen LogP contribution < -0.4 is 15.4 Å². The Morgan fingerprint density at radius 2 is 1.93 bits per heavy atom. The SMILES string of the molecule is CC(C)Cn1c2ccc(OCC(=O)NCCCCCCN(C)C)cc2c2c3c(c4c(c21)CCc1nn(C)cc1-4)C(=O)NC3. The molecule has 0 fully saturated rings. The molecule has 0 saturated carbocycles. The molecule has 1 aliphatic heterocycles. The van der Waals surface area contributed by atoms with E-state index in [-0.39, 0.29) is 18.4 Å². The first kappa shape index (κ1) is 29.2. The van der Waals surface area contributed by atoms with Crippen molar-refractivity contribution in [3.05, 3.63) is 46.8 Å². The Morgan fingerprint density at radius 1 is 1.12 bits per heavy atom. The molecule has 2 aromatic carbocycles. The van der Waals surface area contributed by atoms with E-state index < -0.39 is 0 Å². The zero-order valence-corrected chi connectivity index (χ0v) is 26.2. The highest BCUT2D eigenvalue weighted by Gasteiger charge is 2.35. The standard InChI is InChI=1S/C34H44N6O3/c1-21(2)18-40-28-13-10-22(43-20-29(41)35-14-8-6-7-9-15-38(3)4)16-24(28)31-25-17-36-34(42)32(25)30-23(33(31)40)11-12-27-26(30)19-39(5)37-27/h10,13,16,19,21H,6-9,11-12,14-15,17-18,20H2,1-5H3,(H,35,41)(H,36,42). The van der Waals surface area contributed by atoms with Crippen LogP contribution in [0.25, 0.3) is 32.9 Å². The number of amides is 2. The summed E-state index contributed by atoms with van der Waals surface area (Å²) in [5, 5.41) is 13.0. The monoisotopic (exact) mass is 584 g/mol. The second kappa shape index (κ2) is 12.0. The number of aromatic nitrogens is 3. The lowest BCUT2D eigenvalue weighted by atomic mass is 9.82. The Bertz CT molecular complexity index is 1700. The number of carbonyl (C=O) groups excluding carboxylic acids is 2. The fraction of sp³-hybridized carbons (Fsp3) is 0.500. The van der Waals surface area contributed by atoms with E-state index in [4.69, 9.17) is 9.84 Å². The number of fused-ring (bicyclic) bond motifs is 10. The van der Waals surface area contributed by atoms with Gasteiger partial charge in [0.1, 0.15) is 5.75 Å². The zero-order valence-electron chi connectivity index (χ0n) is 26.2. The fourth-order valence-corrected chi connectivity index (χ4v) is 6.87. The summed E-state index contributed by atoms with van der Waals surface area (Å²) in [5.41, 5.74) is 8.57. The van der Waals surface area contributed by atoms with Crippen LogP contribution in [0.1, 0.15) is 66.7 Å². The van der Waals surface area contributed by atoms with Crippen LogP contribution in [0.3, 0.4) is 0 Å². The Balaban J connectivity index is 1.31. The molecular weight excluding hydrogens is 540 g/mol. The maximum Gasteiger partial charge on any atom is 0.257 e. The number of nitrogens with zero attached hydrogens (tertiary/aromatic N) is 4. The molecule has 0 unspecified atom stereocenters. The third-order valence-electron chi connectivity index (χ3n) is 8.69. The Morgan fingerprint density at radius 3 is 2.72 bits per heavy atom. The number of unbranched alkanes of at least 4 members (excludes halogenated alkanes) is 3. The molecule has 0 saturated heterocycles. The molecule has 2 amide bonds. The number of nitrogens with one attached hydrogen (secondary N) is 2. The summed E-state index contributed by atoms with van der Waals surface area (Å²) in [6.07, 6.45) is 8.18. The van der Waals surface area contributed by atoms with Gasteiger partial charge in [-0.1, -0.05) is 26.7 Å². The van der Waals surface area contributed by atoms with Crippen LogP contribution in [0.5, 0.6) is 5.75 Å². The van der Waals surface area contributed by atoms with Crippen molar-refractivity contribution in [2.24, 2.45) is 13.0 Å². The number of ether oxygens (including phenoxy) is 1. The van der Waals surface area contributed by atoms with Gasteiger partial charge in [-0.05, 0) is 81.6 Å². The van der Waals surface area contributed by atoms with Gasteiger partial charge in [-0.3, -0.25) is 14.3 Å². The van der Waals surface area contributed by atoms with Crippen molar-refractivity contribution in [1.29, 1.82) is 0 Å². The van der Waals surface area contributed by atoms with Gasteiger partial charge in [0.05, 0.1) is 16.8 Å². The van der Waals surface area contributed by atoms with E-state index >= 15 is 0 Å². The lowest BCUT2D eigenvalue weighted by molar-refractivity contribution is -0.123. The minimum atomic E-state index is -0.104. The molecule has 9 nitrogen and oxygen atoms in total. The highest BCUT2D eigenvalue weighted by atomic mass is 16.5. The van der Waals surface area contributed by atoms with E-state index in [2.05, 4.69) is 66.4 Å². The first-order chi connectivity index (χ1) is 20.7. The molecule has 3 heterocycles. The summed E-state index contributed by atoms with van der Waals surface area (Å²) in [4.78, 5) is 28.1. The quantitative estimate of drug-likeness (QED) is 0.233. The van der Waals surface area contributed by atoms with E-state index in [1.54, 1.807) is 0 Å². The van der Waals surface area contributed by atoms with Gasteiger partial charge in [-0.15, -0.1) is 0 Å². The van der Waals surface area contributed by atoms with Crippen molar-refractivity contribution in [3.8, 4) is 16.9 Å². The summed E-state index contributed by atoms with van der Waals surface area (Å²) in [6.45, 7) is 7.59. The minimum absolute atomic E-state index is 0.0172. The predicted molar refractivity (Wildman–Crippen MR) is 171 cm³/mol. The molecule has 0 spiro atoms. The van der Waals surface area contributed by atoms with Crippen molar-refractivity contribution < 1.29 is 14.3 Å². The Hall–Kier alpha value is -3.85. The van der Waals surface area contributed by atoms with E-state index in [9.17, 15) is 9.59 Å². The highest BCUT2D eigenvalue weighted by Crippen LogP contribution is 2.47. The van der Waals surface area contributed by atoms with Crippen molar-refractivity contribution >= 4 is 33.6 Å². The largest absolute Gasteiger partial charge is 0.484 e. The van der Waals surface area contributed by atoms with Gasteiger partial charge in [0.15, 0.2) is 6.61 Å². The molecule has 0 radical (unpaired) electrons. The normalized spacial score (nSPS) is 14.0. The molecule has 228 valence electrons. The molecule has 2 aliphatic rings. The second-order valence-corrected chi connectivity index (χ2v) is 12.8. The predicted octanol–water partition coefficient (Wildman–Crippen LogP) is 4.81. The molecule has 0 bridgehead atoms. The topological polar surface area (TPSA) is 93.4 Å². The maximum absolute atomic E-state index is 13.3. The number of hydrogen-bond donors (Lipinski definition) is 2. The number of benzene rings is 2. The van der Waals surface area contributed by atoms with Crippen LogP contribution in [0.4, 0.5) is 0 Å². The minimum Gasteiger partial charge on any atom is -0.484 e. The molecule has 9 heteroatoms. The van der Waals surface area contributed by atoms with Gasteiger partial charge in [0, 0.05) is 60.3 Å². The van der Waals surface area contributed by atoms with Crippen molar-refractivity contribution in [1.82, 2.24) is 29.9 Å². The molecule has 2 N–H and O–H groups in total. The van der Waals surface area contributed by atoms with E-state index in [0.29, 0.717) is 24.8 Å². The fourth-order valence-electron chi connectivity index (χ4n) is 6.87. The van der Waals surface area contributed by atoms with E-state index in [1.165, 1.54) is 23.9 Å². The Labute approximate surface area is 253 Å². The molecule has 43 heavy (non-hydrogen) atoms. The first-order valence-corrected chi connectivity index (χ1v) is 15.7. The Kier molecular flexibility index (Phi) is 8.18. The molecule has 0 atom stereocenters. The van der Waals surface area contributed by atoms with Gasteiger partial charge in [-0.25, -0.2) is 0 Å². The van der Waals surface area contributed by atoms with Gasteiger partial charge in [0.2, 0.25) is 0 Å². The lowest BCUT2D eigenvalue weighted by Gasteiger charge is -2.22. The molecule has 2 aromatic heterocycles. The molecular formula is C34H44N6O3. The summed E-state index contributed by atoms with van der Waals surface area (Å²) < 4.78 is 10.3. The van der Waals surface area contributed by atoms with Gasteiger partial charge in [0.25, 0.3) is 11.8 Å². The summed E-state index contributed by atoms with van der Waals surface area (Å²) in [6, 6.07) is 6.13.